The van der Waals surface area contributed by atoms with Crippen molar-refractivity contribution in [2.45, 2.75) is 57.9 Å². The van der Waals surface area contributed by atoms with E-state index in [-0.39, 0.29) is 23.1 Å². The maximum Gasteiger partial charge on any atom is 0.261 e. The predicted octanol–water partition coefficient (Wildman–Crippen LogP) is 3.98. The number of carbonyl (C=O) groups is 1. The van der Waals surface area contributed by atoms with Crippen molar-refractivity contribution < 1.29 is 4.79 Å². The van der Waals surface area contributed by atoms with E-state index >= 15 is 0 Å². The van der Waals surface area contributed by atoms with Crippen LogP contribution in [-0.2, 0) is 12.8 Å². The summed E-state index contributed by atoms with van der Waals surface area (Å²) < 4.78 is 0. The third-order valence-electron chi connectivity index (χ3n) is 4.60. The fraction of sp³-hybridized carbons (Fsp3) is 0.474. The highest BCUT2D eigenvalue weighted by atomic mass is 32.1. The molecule has 0 bridgehead atoms. The third kappa shape index (κ3) is 3.78. The van der Waals surface area contributed by atoms with E-state index in [1.807, 2.05) is 23.6 Å². The van der Waals surface area contributed by atoms with Crippen molar-refractivity contribution in [2.75, 3.05) is 0 Å². The Labute approximate surface area is 146 Å². The highest BCUT2D eigenvalue weighted by Gasteiger charge is 2.20. The van der Waals surface area contributed by atoms with Gasteiger partial charge in [-0.05, 0) is 55.2 Å². The number of aryl methyl sites for hydroxylation is 2. The molecule has 0 radical (unpaired) electrons. The molecule has 0 unspecified atom stereocenters. The normalized spacial score (nSPS) is 15.4. The summed E-state index contributed by atoms with van der Waals surface area (Å²) in [6.07, 6.45) is 7.09. The van der Waals surface area contributed by atoms with Crippen molar-refractivity contribution in [2.24, 2.45) is 0 Å². The number of aromatic nitrogens is 1. The van der Waals surface area contributed by atoms with Gasteiger partial charge in [0.05, 0.1) is 6.04 Å². The van der Waals surface area contributed by atoms with Gasteiger partial charge in [0.25, 0.3) is 11.5 Å². The Morgan fingerprint density at radius 1 is 1.33 bits per heavy atom. The lowest BCUT2D eigenvalue weighted by Crippen LogP contribution is -2.33. The SMILES string of the molecule is CCC[C@H](NC(=O)c1cc2c([nH]c1=O)CCCCC2)c1cccs1. The molecular formula is C19H24N2O2S. The first kappa shape index (κ1) is 17.0. The summed E-state index contributed by atoms with van der Waals surface area (Å²) >= 11 is 1.64. The minimum atomic E-state index is -0.269. The van der Waals surface area contributed by atoms with Gasteiger partial charge in [0.2, 0.25) is 0 Å². The molecular weight excluding hydrogens is 320 g/mol. The first-order valence-electron chi connectivity index (χ1n) is 8.78. The molecule has 1 aliphatic carbocycles. The number of aromatic amines is 1. The fourth-order valence-electron chi connectivity index (χ4n) is 3.32. The summed E-state index contributed by atoms with van der Waals surface area (Å²) in [5.41, 5.74) is 2.11. The standard InChI is InChI=1S/C19H24N2O2S/c1-2-7-16(17-10-6-11-24-17)21-19(23)14-12-13-8-4-3-5-9-15(13)20-18(14)22/h6,10-12,16H,2-5,7-9H2,1H3,(H,20,22)(H,21,23)/t16-/m0/s1. The molecule has 3 rings (SSSR count). The van der Waals surface area contributed by atoms with E-state index in [9.17, 15) is 9.59 Å². The van der Waals surface area contributed by atoms with Gasteiger partial charge in [0.15, 0.2) is 0 Å². The zero-order valence-corrected chi connectivity index (χ0v) is 14.9. The smallest absolute Gasteiger partial charge is 0.261 e. The number of carbonyl (C=O) groups excluding carboxylic acids is 1. The Morgan fingerprint density at radius 2 is 2.17 bits per heavy atom. The molecule has 1 aliphatic rings. The molecule has 0 aromatic carbocycles. The lowest BCUT2D eigenvalue weighted by atomic mass is 10.0. The Kier molecular flexibility index (Phi) is 5.51. The highest BCUT2D eigenvalue weighted by molar-refractivity contribution is 7.10. The minimum Gasteiger partial charge on any atom is -0.344 e. The van der Waals surface area contributed by atoms with Gasteiger partial charge < -0.3 is 10.3 Å². The van der Waals surface area contributed by atoms with Crippen LogP contribution in [0.1, 0.15) is 71.6 Å². The molecule has 1 amide bonds. The summed E-state index contributed by atoms with van der Waals surface area (Å²) in [6, 6.07) is 5.81. The summed E-state index contributed by atoms with van der Waals surface area (Å²) in [5, 5.41) is 5.06. The molecule has 0 saturated heterocycles. The molecule has 2 aromatic heterocycles. The lowest BCUT2D eigenvalue weighted by Gasteiger charge is -2.17. The van der Waals surface area contributed by atoms with Crippen LogP contribution in [0, 0.1) is 0 Å². The first-order valence-corrected chi connectivity index (χ1v) is 9.66. The minimum absolute atomic E-state index is 0.0271. The van der Waals surface area contributed by atoms with Crippen molar-refractivity contribution in [3.63, 3.8) is 0 Å². The lowest BCUT2D eigenvalue weighted by molar-refractivity contribution is 0.0933. The molecule has 2 heterocycles. The molecule has 2 N–H and O–H groups in total. The Morgan fingerprint density at radius 3 is 2.92 bits per heavy atom. The molecule has 0 fully saturated rings. The Balaban J connectivity index is 1.84. The van der Waals surface area contributed by atoms with Gasteiger partial charge in [-0.2, -0.15) is 0 Å². The van der Waals surface area contributed by atoms with Crippen LogP contribution in [0.3, 0.4) is 0 Å². The van der Waals surface area contributed by atoms with E-state index < -0.39 is 0 Å². The number of fused-ring (bicyclic) bond motifs is 1. The number of hydrogen-bond acceptors (Lipinski definition) is 3. The zero-order chi connectivity index (χ0) is 16.9. The number of thiophene rings is 1. The number of H-pyrrole nitrogens is 1. The third-order valence-corrected chi connectivity index (χ3v) is 5.59. The van der Waals surface area contributed by atoms with Crippen molar-refractivity contribution in [1.29, 1.82) is 0 Å². The van der Waals surface area contributed by atoms with E-state index in [1.54, 1.807) is 11.3 Å². The van der Waals surface area contributed by atoms with Crippen molar-refractivity contribution >= 4 is 17.2 Å². The van der Waals surface area contributed by atoms with E-state index in [0.29, 0.717) is 0 Å². The van der Waals surface area contributed by atoms with Gasteiger partial charge in [0, 0.05) is 10.6 Å². The van der Waals surface area contributed by atoms with E-state index in [4.69, 9.17) is 0 Å². The van der Waals surface area contributed by atoms with Crippen LogP contribution < -0.4 is 10.9 Å². The maximum atomic E-state index is 12.7. The van der Waals surface area contributed by atoms with Crippen LogP contribution in [0.5, 0.6) is 0 Å². The van der Waals surface area contributed by atoms with Crippen molar-refractivity contribution in [3.05, 3.63) is 55.6 Å². The highest BCUT2D eigenvalue weighted by Crippen LogP contribution is 2.24. The summed E-state index contributed by atoms with van der Waals surface area (Å²) in [4.78, 5) is 29.1. The largest absolute Gasteiger partial charge is 0.344 e. The van der Waals surface area contributed by atoms with Gasteiger partial charge in [-0.15, -0.1) is 11.3 Å². The Bertz CT molecular complexity index is 749. The molecule has 2 aromatic rings. The summed E-state index contributed by atoms with van der Waals surface area (Å²) in [7, 11) is 0. The number of hydrogen-bond donors (Lipinski definition) is 2. The van der Waals surface area contributed by atoms with Crippen LogP contribution in [0.2, 0.25) is 0 Å². The molecule has 0 saturated carbocycles. The van der Waals surface area contributed by atoms with E-state index in [2.05, 4.69) is 17.2 Å². The Hall–Kier alpha value is -1.88. The fourth-order valence-corrected chi connectivity index (χ4v) is 4.13. The second-order valence-corrected chi connectivity index (χ2v) is 7.39. The molecule has 4 nitrogen and oxygen atoms in total. The molecule has 128 valence electrons. The molecule has 5 heteroatoms. The van der Waals surface area contributed by atoms with Crippen LogP contribution in [0.4, 0.5) is 0 Å². The monoisotopic (exact) mass is 344 g/mol. The van der Waals surface area contributed by atoms with Crippen molar-refractivity contribution in [1.82, 2.24) is 10.3 Å². The molecule has 0 spiro atoms. The number of pyridine rings is 1. The second kappa shape index (κ2) is 7.79. The van der Waals surface area contributed by atoms with Gasteiger partial charge in [-0.25, -0.2) is 0 Å². The quantitative estimate of drug-likeness (QED) is 0.806. The number of rotatable bonds is 5. The number of nitrogens with one attached hydrogen (secondary N) is 2. The maximum absolute atomic E-state index is 12.7. The van der Waals surface area contributed by atoms with Gasteiger partial charge in [-0.1, -0.05) is 25.8 Å². The van der Waals surface area contributed by atoms with Crippen LogP contribution >= 0.6 is 11.3 Å². The predicted molar refractivity (Wildman–Crippen MR) is 97.8 cm³/mol. The summed E-state index contributed by atoms with van der Waals surface area (Å²) in [5.74, 6) is -0.268. The van der Waals surface area contributed by atoms with Crippen LogP contribution in [-0.4, -0.2) is 10.9 Å². The zero-order valence-electron chi connectivity index (χ0n) is 14.1. The van der Waals surface area contributed by atoms with Gasteiger partial charge in [0.1, 0.15) is 5.56 Å². The average molecular weight is 344 g/mol. The topological polar surface area (TPSA) is 62.0 Å². The average Bonchev–Trinajstić information content (AvgIpc) is 3.00. The van der Waals surface area contributed by atoms with Gasteiger partial charge in [-0.3, -0.25) is 9.59 Å². The first-order chi connectivity index (χ1) is 11.7. The van der Waals surface area contributed by atoms with E-state index in [1.165, 1.54) is 6.42 Å². The number of amides is 1. The molecule has 1 atom stereocenters. The molecule has 24 heavy (non-hydrogen) atoms. The van der Waals surface area contributed by atoms with Gasteiger partial charge >= 0.3 is 0 Å². The van der Waals surface area contributed by atoms with Crippen molar-refractivity contribution in [3.8, 4) is 0 Å². The van der Waals surface area contributed by atoms with E-state index in [0.717, 1.165) is 54.7 Å². The summed E-state index contributed by atoms with van der Waals surface area (Å²) in [6.45, 7) is 2.10. The van der Waals surface area contributed by atoms with Crippen LogP contribution in [0.15, 0.2) is 28.4 Å². The van der Waals surface area contributed by atoms with Crippen LogP contribution in [0.25, 0.3) is 0 Å². The second-order valence-electron chi connectivity index (χ2n) is 6.41. The molecule has 0 aliphatic heterocycles.